The normalized spacial score (nSPS) is 30.5. The number of aliphatic carboxylic acids is 1. The lowest BCUT2D eigenvalue weighted by Gasteiger charge is -2.30. The molecule has 2 rings (SSSR count). The summed E-state index contributed by atoms with van der Waals surface area (Å²) in [5.74, 6) is -1.86. The van der Waals surface area contributed by atoms with Crippen molar-refractivity contribution in [2.45, 2.75) is 50.4 Å². The second-order valence-electron chi connectivity index (χ2n) is 5.71. The lowest BCUT2D eigenvalue weighted by molar-refractivity contribution is -0.151. The average molecular weight is 299 g/mol. The summed E-state index contributed by atoms with van der Waals surface area (Å²) in [4.78, 5) is 38.4. The molecule has 4 atom stereocenters. The summed E-state index contributed by atoms with van der Waals surface area (Å²) in [6.07, 6.45) is 0.364. The van der Waals surface area contributed by atoms with Gasteiger partial charge >= 0.3 is 5.97 Å². The van der Waals surface area contributed by atoms with E-state index in [4.69, 9.17) is 10.8 Å². The summed E-state index contributed by atoms with van der Waals surface area (Å²) in [6.45, 7) is 2.00. The number of carbonyl (C=O) groups excluding carboxylic acids is 2. The second kappa shape index (κ2) is 5.98. The quantitative estimate of drug-likeness (QED) is 0.575. The highest BCUT2D eigenvalue weighted by atomic mass is 16.4. The van der Waals surface area contributed by atoms with Crippen molar-refractivity contribution in [3.05, 3.63) is 0 Å². The zero-order valence-corrected chi connectivity index (χ0v) is 11.9. The predicted octanol–water partition coefficient (Wildman–Crippen LogP) is -1.63. The molecule has 8 nitrogen and oxygen atoms in total. The van der Waals surface area contributed by atoms with Crippen LogP contribution >= 0.6 is 0 Å². The highest BCUT2D eigenvalue weighted by Gasteiger charge is 2.44. The monoisotopic (exact) mass is 299 g/mol. The van der Waals surface area contributed by atoms with Crippen LogP contribution in [0.3, 0.4) is 0 Å². The number of β-amino-alcohol motifs (C(OH)–C–C–N with tert-alkyl or cyclic N) is 1. The van der Waals surface area contributed by atoms with Gasteiger partial charge in [-0.3, -0.25) is 9.59 Å². The van der Waals surface area contributed by atoms with Gasteiger partial charge in [-0.2, -0.15) is 0 Å². The number of hydrogen-bond acceptors (Lipinski definition) is 5. The van der Waals surface area contributed by atoms with Crippen molar-refractivity contribution in [2.24, 2.45) is 5.73 Å². The largest absolute Gasteiger partial charge is 0.480 e. The summed E-state index contributed by atoms with van der Waals surface area (Å²) in [7, 11) is 0. The molecule has 2 amide bonds. The third kappa shape index (κ3) is 3.01. The highest BCUT2D eigenvalue weighted by Crippen LogP contribution is 2.25. The van der Waals surface area contributed by atoms with Gasteiger partial charge in [-0.25, -0.2) is 4.79 Å². The number of nitrogens with zero attached hydrogens (tertiary/aromatic N) is 2. The van der Waals surface area contributed by atoms with Gasteiger partial charge in [0.1, 0.15) is 12.1 Å². The zero-order chi connectivity index (χ0) is 15.7. The van der Waals surface area contributed by atoms with Gasteiger partial charge in [0, 0.05) is 19.5 Å². The van der Waals surface area contributed by atoms with Crippen LogP contribution in [0.4, 0.5) is 0 Å². The van der Waals surface area contributed by atoms with E-state index in [1.807, 2.05) is 0 Å². The van der Waals surface area contributed by atoms with Crippen LogP contribution in [0.2, 0.25) is 0 Å². The summed E-state index contributed by atoms with van der Waals surface area (Å²) in [6, 6.07) is -2.39. The average Bonchev–Trinajstić information content (AvgIpc) is 3.02. The number of carbonyl (C=O) groups is 3. The van der Waals surface area contributed by atoms with Crippen LogP contribution in [0.5, 0.6) is 0 Å². The summed E-state index contributed by atoms with van der Waals surface area (Å²) < 4.78 is 0. The number of hydrogen-bond donors (Lipinski definition) is 3. The Labute approximate surface area is 122 Å². The topological polar surface area (TPSA) is 124 Å². The Balaban J connectivity index is 2.15. The number of nitrogens with two attached hydrogens (primary N) is 1. The highest BCUT2D eigenvalue weighted by molar-refractivity contribution is 5.92. The molecule has 0 spiro atoms. The Morgan fingerprint density at radius 2 is 1.90 bits per heavy atom. The molecule has 2 aliphatic rings. The maximum Gasteiger partial charge on any atom is 0.326 e. The molecule has 0 aromatic rings. The van der Waals surface area contributed by atoms with Gasteiger partial charge in [0.15, 0.2) is 0 Å². The van der Waals surface area contributed by atoms with Crippen molar-refractivity contribution in [2.75, 3.05) is 13.1 Å². The Hall–Kier alpha value is -1.67. The smallest absolute Gasteiger partial charge is 0.326 e. The van der Waals surface area contributed by atoms with E-state index in [0.717, 1.165) is 0 Å². The molecule has 8 heteroatoms. The van der Waals surface area contributed by atoms with Crippen molar-refractivity contribution < 1.29 is 24.6 Å². The lowest BCUT2D eigenvalue weighted by atomic mass is 10.1. The van der Waals surface area contributed by atoms with Crippen molar-refractivity contribution in [3.8, 4) is 0 Å². The zero-order valence-electron chi connectivity index (χ0n) is 11.9. The van der Waals surface area contributed by atoms with E-state index in [1.54, 1.807) is 6.92 Å². The Bertz CT molecular complexity index is 453. The fourth-order valence-corrected chi connectivity index (χ4v) is 3.03. The van der Waals surface area contributed by atoms with Crippen molar-refractivity contribution in [1.29, 1.82) is 0 Å². The lowest BCUT2D eigenvalue weighted by Crippen LogP contribution is -2.53. The second-order valence-corrected chi connectivity index (χ2v) is 5.71. The number of rotatable bonds is 3. The molecule has 2 aliphatic heterocycles. The molecule has 2 fully saturated rings. The molecule has 0 aromatic carbocycles. The molecule has 4 N–H and O–H groups in total. The summed E-state index contributed by atoms with van der Waals surface area (Å²) >= 11 is 0. The van der Waals surface area contributed by atoms with Gasteiger partial charge in [-0.1, -0.05) is 0 Å². The molecule has 0 saturated carbocycles. The maximum atomic E-state index is 12.6. The first kappa shape index (κ1) is 15.7. The minimum Gasteiger partial charge on any atom is -0.480 e. The van der Waals surface area contributed by atoms with Crippen LogP contribution in [0, 0.1) is 0 Å². The first-order valence-corrected chi connectivity index (χ1v) is 7.10. The number of aliphatic hydroxyl groups is 1. The third-order valence-corrected chi connectivity index (χ3v) is 4.06. The van der Waals surface area contributed by atoms with Crippen LogP contribution in [0.15, 0.2) is 0 Å². The van der Waals surface area contributed by atoms with Crippen LogP contribution in [-0.4, -0.2) is 75.1 Å². The van der Waals surface area contributed by atoms with E-state index in [9.17, 15) is 19.5 Å². The molecule has 118 valence electrons. The predicted molar refractivity (Wildman–Crippen MR) is 72.1 cm³/mol. The van der Waals surface area contributed by atoms with E-state index in [0.29, 0.717) is 19.4 Å². The molecular weight excluding hydrogens is 278 g/mol. The number of amides is 2. The van der Waals surface area contributed by atoms with E-state index < -0.39 is 36.1 Å². The minimum absolute atomic E-state index is 0.00743. The first-order valence-electron chi connectivity index (χ1n) is 7.10. The van der Waals surface area contributed by atoms with Crippen LogP contribution < -0.4 is 5.73 Å². The van der Waals surface area contributed by atoms with Crippen molar-refractivity contribution in [1.82, 2.24) is 9.80 Å². The van der Waals surface area contributed by atoms with Crippen LogP contribution in [0.1, 0.15) is 26.2 Å². The van der Waals surface area contributed by atoms with Crippen LogP contribution in [0.25, 0.3) is 0 Å². The number of carboxylic acids is 1. The van der Waals surface area contributed by atoms with Gasteiger partial charge in [0.05, 0.1) is 12.1 Å². The first-order chi connectivity index (χ1) is 9.82. The maximum absolute atomic E-state index is 12.6. The van der Waals surface area contributed by atoms with E-state index in [1.165, 1.54) is 9.80 Å². The van der Waals surface area contributed by atoms with Crippen molar-refractivity contribution in [3.63, 3.8) is 0 Å². The third-order valence-electron chi connectivity index (χ3n) is 4.06. The number of aliphatic hydroxyl groups excluding tert-OH is 1. The fraction of sp³-hybridized carbons (Fsp3) is 0.769. The molecule has 2 saturated heterocycles. The minimum atomic E-state index is -1.14. The molecule has 0 radical (unpaired) electrons. The molecule has 0 aromatic heterocycles. The number of likely N-dealkylation sites (tertiary alicyclic amines) is 2. The fourth-order valence-electron chi connectivity index (χ4n) is 3.03. The number of carboxylic acid groups (broad SMARTS) is 1. The van der Waals surface area contributed by atoms with Crippen LogP contribution in [-0.2, 0) is 14.4 Å². The van der Waals surface area contributed by atoms with E-state index >= 15 is 0 Å². The van der Waals surface area contributed by atoms with E-state index in [-0.39, 0.29) is 18.9 Å². The summed E-state index contributed by atoms with van der Waals surface area (Å²) in [5.41, 5.74) is 5.58. The Morgan fingerprint density at radius 1 is 1.24 bits per heavy atom. The van der Waals surface area contributed by atoms with Gasteiger partial charge in [-0.15, -0.1) is 0 Å². The van der Waals surface area contributed by atoms with Gasteiger partial charge < -0.3 is 25.7 Å². The van der Waals surface area contributed by atoms with Gasteiger partial charge in [-0.05, 0) is 19.8 Å². The summed E-state index contributed by atoms with van der Waals surface area (Å²) in [5, 5.41) is 18.8. The van der Waals surface area contributed by atoms with Gasteiger partial charge in [0.2, 0.25) is 11.8 Å². The molecular formula is C13H21N3O5. The molecule has 2 heterocycles. The molecule has 0 unspecified atom stereocenters. The van der Waals surface area contributed by atoms with Crippen molar-refractivity contribution >= 4 is 17.8 Å². The molecule has 0 bridgehead atoms. The molecule has 21 heavy (non-hydrogen) atoms. The standard InChI is InChI=1S/C13H21N3O5/c1-7(14)11(18)15-4-2-3-9(15)12(19)16-6-8(17)5-10(16)13(20)21/h7-10,17H,2-6,14H2,1H3,(H,20,21)/t7-,8+,9-,10-/m0/s1. The Kier molecular flexibility index (Phi) is 4.48. The Morgan fingerprint density at radius 3 is 2.48 bits per heavy atom. The van der Waals surface area contributed by atoms with E-state index in [2.05, 4.69) is 0 Å². The SMILES string of the molecule is C[C@H](N)C(=O)N1CCC[C@H]1C(=O)N1C[C@H](O)C[C@H]1C(=O)O. The molecule has 0 aliphatic carbocycles. The van der Waals surface area contributed by atoms with Gasteiger partial charge in [0.25, 0.3) is 0 Å².